The molecule has 0 fully saturated rings. The van der Waals surface area contributed by atoms with E-state index in [1.807, 2.05) is 31.2 Å². The summed E-state index contributed by atoms with van der Waals surface area (Å²) in [4.78, 5) is 13.0. The van der Waals surface area contributed by atoms with Gasteiger partial charge in [0.1, 0.15) is 18.9 Å². The normalized spacial score (nSPS) is 11.2. The topological polar surface area (TPSA) is 94.2 Å². The van der Waals surface area contributed by atoms with Crippen molar-refractivity contribution in [1.82, 2.24) is 5.32 Å². The molecule has 0 aliphatic carbocycles. The van der Waals surface area contributed by atoms with Crippen LogP contribution in [0.1, 0.15) is 30.9 Å². The molecule has 198 valence electrons. The van der Waals surface area contributed by atoms with Gasteiger partial charge in [0.2, 0.25) is 5.91 Å². The molecule has 3 aromatic rings. The monoisotopic (exact) mass is 526 g/mol. The fourth-order valence-electron chi connectivity index (χ4n) is 3.76. The molecule has 9 heteroatoms. The first-order chi connectivity index (χ1) is 17.7. The van der Waals surface area contributed by atoms with Crippen molar-refractivity contribution in [3.8, 4) is 17.2 Å². The summed E-state index contributed by atoms with van der Waals surface area (Å²) in [6.45, 7) is 6.08. The molecule has 0 bridgehead atoms. The number of ether oxygens (including phenoxy) is 3. The van der Waals surface area contributed by atoms with Crippen molar-refractivity contribution >= 4 is 21.6 Å². The van der Waals surface area contributed by atoms with E-state index in [1.54, 1.807) is 24.3 Å². The van der Waals surface area contributed by atoms with Gasteiger partial charge in [0.15, 0.2) is 11.5 Å². The summed E-state index contributed by atoms with van der Waals surface area (Å²) in [5.74, 6) is 1.39. The number of para-hydroxylation sites is 1. The molecule has 0 saturated carbocycles. The number of benzene rings is 3. The van der Waals surface area contributed by atoms with Crippen LogP contribution in [0.3, 0.4) is 0 Å². The number of sulfonamides is 1. The molecule has 3 rings (SSSR count). The SMILES string of the molecule is COc1ccc(N(CC(=O)NCCOc2ccccc2C(C)C)S(=O)(=O)c2ccc(C)cc2)cc1OC. The van der Waals surface area contributed by atoms with Crippen LogP contribution < -0.4 is 23.8 Å². The second-order valence-corrected chi connectivity index (χ2v) is 10.6. The fourth-order valence-corrected chi connectivity index (χ4v) is 5.17. The zero-order valence-electron chi connectivity index (χ0n) is 21.9. The number of hydrogen-bond acceptors (Lipinski definition) is 6. The molecule has 0 heterocycles. The maximum Gasteiger partial charge on any atom is 0.264 e. The van der Waals surface area contributed by atoms with Gasteiger partial charge in [0.25, 0.3) is 10.0 Å². The second kappa shape index (κ2) is 12.5. The van der Waals surface area contributed by atoms with E-state index >= 15 is 0 Å². The van der Waals surface area contributed by atoms with Crippen molar-refractivity contribution in [2.45, 2.75) is 31.6 Å². The van der Waals surface area contributed by atoms with Gasteiger partial charge in [0, 0.05) is 6.07 Å². The largest absolute Gasteiger partial charge is 0.493 e. The van der Waals surface area contributed by atoms with Crippen LogP contribution in [0.2, 0.25) is 0 Å². The third-order valence-electron chi connectivity index (χ3n) is 5.77. The third-order valence-corrected chi connectivity index (χ3v) is 7.56. The van der Waals surface area contributed by atoms with Crippen LogP contribution >= 0.6 is 0 Å². The number of anilines is 1. The van der Waals surface area contributed by atoms with E-state index in [9.17, 15) is 13.2 Å². The Kier molecular flexibility index (Phi) is 9.41. The number of nitrogens with one attached hydrogen (secondary N) is 1. The van der Waals surface area contributed by atoms with E-state index in [-0.39, 0.29) is 23.7 Å². The molecule has 0 aromatic heterocycles. The highest BCUT2D eigenvalue weighted by atomic mass is 32.2. The van der Waals surface area contributed by atoms with Gasteiger partial charge in [-0.1, -0.05) is 49.7 Å². The van der Waals surface area contributed by atoms with Gasteiger partial charge >= 0.3 is 0 Å². The molecule has 3 aromatic carbocycles. The quantitative estimate of drug-likeness (QED) is 0.349. The highest BCUT2D eigenvalue weighted by Crippen LogP contribution is 2.33. The number of aryl methyl sites for hydroxylation is 1. The Morgan fingerprint density at radius 3 is 2.24 bits per heavy atom. The molecule has 0 aliphatic rings. The first kappa shape index (κ1) is 27.9. The molecule has 1 N–H and O–H groups in total. The van der Waals surface area contributed by atoms with E-state index in [2.05, 4.69) is 19.2 Å². The van der Waals surface area contributed by atoms with Crippen LogP contribution in [0, 0.1) is 6.92 Å². The second-order valence-electron chi connectivity index (χ2n) is 8.75. The minimum absolute atomic E-state index is 0.0781. The van der Waals surface area contributed by atoms with E-state index in [0.29, 0.717) is 17.4 Å². The highest BCUT2D eigenvalue weighted by molar-refractivity contribution is 7.92. The van der Waals surface area contributed by atoms with Crippen LogP contribution in [-0.2, 0) is 14.8 Å². The summed E-state index contributed by atoms with van der Waals surface area (Å²) in [7, 11) is -1.10. The summed E-state index contributed by atoms with van der Waals surface area (Å²) < 4.78 is 44.7. The molecule has 0 atom stereocenters. The Bertz CT molecular complexity index is 1310. The van der Waals surface area contributed by atoms with Crippen LogP contribution in [0.25, 0.3) is 0 Å². The van der Waals surface area contributed by atoms with Gasteiger partial charge < -0.3 is 19.5 Å². The summed E-state index contributed by atoms with van der Waals surface area (Å²) in [5.41, 5.74) is 2.28. The van der Waals surface area contributed by atoms with Crippen molar-refractivity contribution in [3.63, 3.8) is 0 Å². The lowest BCUT2D eigenvalue weighted by atomic mass is 10.0. The van der Waals surface area contributed by atoms with E-state index in [1.165, 1.54) is 32.4 Å². The van der Waals surface area contributed by atoms with E-state index in [4.69, 9.17) is 14.2 Å². The molecular formula is C28H34N2O6S. The minimum atomic E-state index is -4.05. The summed E-state index contributed by atoms with van der Waals surface area (Å²) in [5, 5.41) is 2.76. The van der Waals surface area contributed by atoms with Crippen molar-refractivity contribution < 1.29 is 27.4 Å². The van der Waals surface area contributed by atoms with Crippen molar-refractivity contribution in [3.05, 3.63) is 77.9 Å². The highest BCUT2D eigenvalue weighted by Gasteiger charge is 2.28. The molecule has 0 spiro atoms. The maximum absolute atomic E-state index is 13.6. The zero-order valence-corrected chi connectivity index (χ0v) is 22.7. The fraction of sp³-hybridized carbons (Fsp3) is 0.321. The molecule has 0 saturated heterocycles. The molecule has 1 amide bonds. The van der Waals surface area contributed by atoms with Crippen LogP contribution in [-0.4, -0.2) is 48.2 Å². The average molecular weight is 527 g/mol. The predicted molar refractivity (Wildman–Crippen MR) is 144 cm³/mol. The summed E-state index contributed by atoms with van der Waals surface area (Å²) in [6, 6.07) is 18.9. The van der Waals surface area contributed by atoms with E-state index < -0.39 is 22.5 Å². The van der Waals surface area contributed by atoms with Crippen LogP contribution in [0.4, 0.5) is 5.69 Å². The third kappa shape index (κ3) is 6.95. The number of rotatable bonds is 12. The predicted octanol–water partition coefficient (Wildman–Crippen LogP) is 4.53. The molecule has 8 nitrogen and oxygen atoms in total. The Balaban J connectivity index is 1.78. The van der Waals surface area contributed by atoms with Crippen LogP contribution in [0.15, 0.2) is 71.6 Å². The van der Waals surface area contributed by atoms with Crippen molar-refractivity contribution in [2.24, 2.45) is 0 Å². The molecule has 37 heavy (non-hydrogen) atoms. The lowest BCUT2D eigenvalue weighted by Gasteiger charge is -2.25. The molecule has 0 unspecified atom stereocenters. The zero-order chi connectivity index (χ0) is 27.0. The lowest BCUT2D eigenvalue weighted by molar-refractivity contribution is -0.119. The summed E-state index contributed by atoms with van der Waals surface area (Å²) >= 11 is 0. The van der Waals surface area contributed by atoms with Gasteiger partial charge in [-0.25, -0.2) is 8.42 Å². The number of carbonyl (C=O) groups excluding carboxylic acids is 1. The van der Waals surface area contributed by atoms with Gasteiger partial charge in [-0.2, -0.15) is 0 Å². The number of amides is 1. The molecule has 0 radical (unpaired) electrons. The first-order valence-corrected chi connectivity index (χ1v) is 13.4. The number of nitrogens with zero attached hydrogens (tertiary/aromatic N) is 1. The number of methoxy groups -OCH3 is 2. The summed E-state index contributed by atoms with van der Waals surface area (Å²) in [6.07, 6.45) is 0. The Morgan fingerprint density at radius 2 is 1.59 bits per heavy atom. The first-order valence-electron chi connectivity index (χ1n) is 12.0. The Labute approximate surface area is 219 Å². The average Bonchev–Trinajstić information content (AvgIpc) is 2.89. The lowest BCUT2D eigenvalue weighted by Crippen LogP contribution is -2.42. The Hall–Kier alpha value is -3.72. The maximum atomic E-state index is 13.6. The van der Waals surface area contributed by atoms with Gasteiger partial charge in [-0.15, -0.1) is 0 Å². The standard InChI is InChI=1S/C28H34N2O6S/c1-20(2)24-8-6-7-9-25(24)36-17-16-29-28(31)19-30(22-12-15-26(34-4)27(18-22)35-5)37(32,33)23-13-10-21(3)11-14-23/h6-15,18,20H,16-17,19H2,1-5H3,(H,29,31). The Morgan fingerprint density at radius 1 is 0.919 bits per heavy atom. The molecule has 0 aliphatic heterocycles. The van der Waals surface area contributed by atoms with Gasteiger partial charge in [-0.05, 0) is 48.7 Å². The van der Waals surface area contributed by atoms with Gasteiger partial charge in [-0.3, -0.25) is 9.10 Å². The number of carbonyl (C=O) groups is 1. The minimum Gasteiger partial charge on any atom is -0.493 e. The number of hydrogen-bond donors (Lipinski definition) is 1. The van der Waals surface area contributed by atoms with Crippen LogP contribution in [0.5, 0.6) is 17.2 Å². The molecular weight excluding hydrogens is 492 g/mol. The van der Waals surface area contributed by atoms with Crippen molar-refractivity contribution in [1.29, 1.82) is 0 Å². The van der Waals surface area contributed by atoms with Crippen molar-refractivity contribution in [2.75, 3.05) is 38.2 Å². The van der Waals surface area contributed by atoms with E-state index in [0.717, 1.165) is 21.2 Å². The smallest absolute Gasteiger partial charge is 0.264 e. The van der Waals surface area contributed by atoms with Gasteiger partial charge in [0.05, 0.1) is 31.3 Å².